The van der Waals surface area contributed by atoms with Gasteiger partial charge in [0, 0.05) is 20.7 Å². The molecule has 0 fully saturated rings. The number of rotatable bonds is 3. The summed E-state index contributed by atoms with van der Waals surface area (Å²) in [5, 5.41) is 3.51. The van der Waals surface area contributed by atoms with Crippen LogP contribution in [0.1, 0.15) is 16.1 Å². The highest BCUT2D eigenvalue weighted by molar-refractivity contribution is 9.10. The fourth-order valence-corrected chi connectivity index (χ4v) is 2.78. The Hall–Kier alpha value is -2.04. The topological polar surface area (TPSA) is 42.2 Å². The van der Waals surface area contributed by atoms with Crippen LogP contribution in [0.5, 0.6) is 0 Å². The molecule has 23 heavy (non-hydrogen) atoms. The highest BCUT2D eigenvalue weighted by atomic mass is 79.9. The summed E-state index contributed by atoms with van der Waals surface area (Å²) in [5.74, 6) is 0.604. The molecule has 0 saturated carbocycles. The third kappa shape index (κ3) is 3.66. The lowest BCUT2D eigenvalue weighted by Gasteiger charge is -2.07. The summed E-state index contributed by atoms with van der Waals surface area (Å²) >= 11 is 9.27. The SMILES string of the molecule is Cc1cc(Br)ccc1NC(=O)c1ccc(-c2ccc(Cl)cc2)o1. The summed E-state index contributed by atoms with van der Waals surface area (Å²) < 4.78 is 6.61. The van der Waals surface area contributed by atoms with E-state index in [-0.39, 0.29) is 11.7 Å². The minimum atomic E-state index is -0.282. The molecule has 3 nitrogen and oxygen atoms in total. The first-order valence-corrected chi connectivity index (χ1v) is 8.13. The Bertz CT molecular complexity index is 856. The molecule has 0 aliphatic rings. The molecule has 5 heteroatoms. The minimum absolute atomic E-state index is 0.261. The van der Waals surface area contributed by atoms with Gasteiger partial charge in [-0.3, -0.25) is 4.79 Å². The maximum absolute atomic E-state index is 12.3. The highest BCUT2D eigenvalue weighted by Gasteiger charge is 2.13. The largest absolute Gasteiger partial charge is 0.451 e. The summed E-state index contributed by atoms with van der Waals surface area (Å²) in [4.78, 5) is 12.3. The molecule has 3 aromatic rings. The number of benzene rings is 2. The predicted octanol–water partition coefficient (Wildman–Crippen LogP) is 5.92. The molecule has 0 aliphatic carbocycles. The third-order valence-electron chi connectivity index (χ3n) is 3.40. The zero-order valence-corrected chi connectivity index (χ0v) is 14.6. The molecule has 116 valence electrons. The van der Waals surface area contributed by atoms with Crippen molar-refractivity contribution in [3.05, 3.63) is 75.4 Å². The van der Waals surface area contributed by atoms with Crippen molar-refractivity contribution in [1.29, 1.82) is 0 Å². The van der Waals surface area contributed by atoms with E-state index in [0.29, 0.717) is 10.8 Å². The number of carbonyl (C=O) groups is 1. The van der Waals surface area contributed by atoms with Crippen LogP contribution in [-0.4, -0.2) is 5.91 Å². The van der Waals surface area contributed by atoms with Crippen molar-refractivity contribution >= 4 is 39.1 Å². The van der Waals surface area contributed by atoms with E-state index in [9.17, 15) is 4.79 Å². The van der Waals surface area contributed by atoms with Gasteiger partial charge in [-0.05, 0) is 67.1 Å². The first-order valence-electron chi connectivity index (χ1n) is 6.96. The number of halogens is 2. The molecule has 0 atom stereocenters. The molecule has 0 unspecified atom stereocenters. The summed E-state index contributed by atoms with van der Waals surface area (Å²) in [6.07, 6.45) is 0. The number of amides is 1. The second-order valence-electron chi connectivity index (χ2n) is 5.08. The molecule has 2 aromatic carbocycles. The standard InChI is InChI=1S/C18H13BrClNO2/c1-11-10-13(19)4-7-15(11)21-18(22)17-9-8-16(23-17)12-2-5-14(20)6-3-12/h2-10H,1H3,(H,21,22). The van der Waals surface area contributed by atoms with Gasteiger partial charge in [0.05, 0.1) is 0 Å². The summed E-state index contributed by atoms with van der Waals surface area (Å²) in [6, 6.07) is 16.4. The number of carbonyl (C=O) groups excluding carboxylic acids is 1. The summed E-state index contributed by atoms with van der Waals surface area (Å²) in [7, 11) is 0. The van der Waals surface area contributed by atoms with Crippen molar-refractivity contribution in [2.24, 2.45) is 0 Å². The van der Waals surface area contributed by atoms with E-state index in [0.717, 1.165) is 21.3 Å². The van der Waals surface area contributed by atoms with E-state index in [1.807, 2.05) is 37.3 Å². The molecule has 0 bridgehead atoms. The van der Waals surface area contributed by atoms with Crippen LogP contribution >= 0.6 is 27.5 Å². The van der Waals surface area contributed by atoms with Gasteiger partial charge >= 0.3 is 0 Å². The molecule has 0 spiro atoms. The molecule has 1 aromatic heterocycles. The van der Waals surface area contributed by atoms with E-state index >= 15 is 0 Å². The van der Waals surface area contributed by atoms with Crippen molar-refractivity contribution in [2.45, 2.75) is 6.92 Å². The Kier molecular flexibility index (Phi) is 4.55. The van der Waals surface area contributed by atoms with Crippen molar-refractivity contribution in [3.63, 3.8) is 0 Å². The second-order valence-corrected chi connectivity index (χ2v) is 6.44. The number of hydrogen-bond acceptors (Lipinski definition) is 2. The molecule has 0 aliphatic heterocycles. The lowest BCUT2D eigenvalue weighted by Crippen LogP contribution is -2.11. The average molecular weight is 391 g/mol. The quantitative estimate of drug-likeness (QED) is 0.603. The zero-order chi connectivity index (χ0) is 16.4. The number of aryl methyl sites for hydroxylation is 1. The third-order valence-corrected chi connectivity index (χ3v) is 4.14. The van der Waals surface area contributed by atoms with Gasteiger partial charge in [-0.15, -0.1) is 0 Å². The zero-order valence-electron chi connectivity index (χ0n) is 12.3. The summed E-state index contributed by atoms with van der Waals surface area (Å²) in [5.41, 5.74) is 2.59. The average Bonchev–Trinajstić information content (AvgIpc) is 3.01. The number of anilines is 1. The van der Waals surface area contributed by atoms with E-state index in [4.69, 9.17) is 16.0 Å². The van der Waals surface area contributed by atoms with Crippen molar-refractivity contribution in [2.75, 3.05) is 5.32 Å². The minimum Gasteiger partial charge on any atom is -0.451 e. The number of hydrogen-bond donors (Lipinski definition) is 1. The molecule has 1 amide bonds. The second kappa shape index (κ2) is 6.60. The van der Waals surface area contributed by atoms with Gasteiger partial charge in [-0.2, -0.15) is 0 Å². The predicted molar refractivity (Wildman–Crippen MR) is 96.0 cm³/mol. The van der Waals surface area contributed by atoms with Crippen LogP contribution in [0.4, 0.5) is 5.69 Å². The molecule has 0 radical (unpaired) electrons. The van der Waals surface area contributed by atoms with Crippen LogP contribution in [0.15, 0.2) is 63.5 Å². The molecule has 3 rings (SSSR count). The first-order chi connectivity index (χ1) is 11.0. The molecule has 1 N–H and O–H groups in total. The summed E-state index contributed by atoms with van der Waals surface area (Å²) in [6.45, 7) is 1.93. The van der Waals surface area contributed by atoms with Crippen LogP contribution < -0.4 is 5.32 Å². The van der Waals surface area contributed by atoms with Crippen LogP contribution in [-0.2, 0) is 0 Å². The Morgan fingerprint density at radius 1 is 1.09 bits per heavy atom. The molecule has 1 heterocycles. The van der Waals surface area contributed by atoms with Gasteiger partial charge in [0.15, 0.2) is 5.76 Å². The van der Waals surface area contributed by atoms with Crippen molar-refractivity contribution in [1.82, 2.24) is 0 Å². The lowest BCUT2D eigenvalue weighted by molar-refractivity contribution is 0.0997. The smallest absolute Gasteiger partial charge is 0.291 e. The Labute approximate surface area is 147 Å². The van der Waals surface area contributed by atoms with Gasteiger partial charge in [0.25, 0.3) is 5.91 Å². The maximum Gasteiger partial charge on any atom is 0.291 e. The van der Waals surface area contributed by atoms with Gasteiger partial charge in [0.2, 0.25) is 0 Å². The maximum atomic E-state index is 12.3. The number of nitrogens with one attached hydrogen (secondary N) is 1. The van der Waals surface area contributed by atoms with E-state index in [2.05, 4.69) is 21.2 Å². The Morgan fingerprint density at radius 3 is 2.52 bits per heavy atom. The van der Waals surface area contributed by atoms with Crippen LogP contribution in [0.2, 0.25) is 5.02 Å². The number of furan rings is 1. The lowest BCUT2D eigenvalue weighted by atomic mass is 10.2. The fourth-order valence-electron chi connectivity index (χ4n) is 2.18. The van der Waals surface area contributed by atoms with E-state index in [1.165, 1.54) is 0 Å². The molecular formula is C18H13BrClNO2. The monoisotopic (exact) mass is 389 g/mol. The van der Waals surface area contributed by atoms with Crippen molar-refractivity contribution in [3.8, 4) is 11.3 Å². The van der Waals surface area contributed by atoms with E-state index in [1.54, 1.807) is 24.3 Å². The van der Waals surface area contributed by atoms with Gasteiger partial charge in [-0.1, -0.05) is 27.5 Å². The normalized spacial score (nSPS) is 10.6. The first kappa shape index (κ1) is 15.8. The Balaban J connectivity index is 1.79. The van der Waals surface area contributed by atoms with E-state index < -0.39 is 0 Å². The molecular weight excluding hydrogens is 378 g/mol. The fraction of sp³-hybridized carbons (Fsp3) is 0.0556. The molecule has 0 saturated heterocycles. The van der Waals surface area contributed by atoms with Crippen LogP contribution in [0.25, 0.3) is 11.3 Å². The van der Waals surface area contributed by atoms with Gasteiger partial charge in [0.1, 0.15) is 5.76 Å². The van der Waals surface area contributed by atoms with Crippen LogP contribution in [0, 0.1) is 6.92 Å². The van der Waals surface area contributed by atoms with Gasteiger partial charge < -0.3 is 9.73 Å². The van der Waals surface area contributed by atoms with Crippen molar-refractivity contribution < 1.29 is 9.21 Å². The highest BCUT2D eigenvalue weighted by Crippen LogP contribution is 2.25. The Morgan fingerprint density at radius 2 is 1.83 bits per heavy atom. The van der Waals surface area contributed by atoms with Crippen LogP contribution in [0.3, 0.4) is 0 Å². The van der Waals surface area contributed by atoms with Gasteiger partial charge in [-0.25, -0.2) is 0 Å².